The first-order valence-corrected chi connectivity index (χ1v) is 7.85. The van der Waals surface area contributed by atoms with Crippen LogP contribution in [0.15, 0.2) is 41.1 Å². The second-order valence-electron chi connectivity index (χ2n) is 4.99. The number of anilines is 1. The van der Waals surface area contributed by atoms with Crippen LogP contribution in [0.25, 0.3) is 10.8 Å². The molecule has 0 aliphatic carbocycles. The molecule has 7 heteroatoms. The number of nitrogens with one attached hydrogen (secondary N) is 1. The number of aliphatic hydroxyl groups is 1. The molecule has 1 unspecified atom stereocenters. The highest BCUT2D eigenvalue weighted by Crippen LogP contribution is 2.29. The van der Waals surface area contributed by atoms with Crippen molar-refractivity contribution in [1.29, 1.82) is 0 Å². The van der Waals surface area contributed by atoms with E-state index in [9.17, 15) is 5.11 Å². The Bertz CT molecular complexity index is 815. The lowest BCUT2D eigenvalue weighted by Crippen LogP contribution is -2.15. The number of fused-ring (bicyclic) bond motifs is 1. The maximum absolute atomic E-state index is 9.67. The third-order valence-electron chi connectivity index (χ3n) is 3.38. The van der Waals surface area contributed by atoms with Gasteiger partial charge in [0, 0.05) is 28.7 Å². The fraction of sp³-hybridized carbons (Fsp3) is 0.200. The Morgan fingerprint density at radius 3 is 2.91 bits per heavy atom. The van der Waals surface area contributed by atoms with Crippen LogP contribution in [-0.4, -0.2) is 26.5 Å². The van der Waals surface area contributed by atoms with Crippen LogP contribution in [0, 0.1) is 0 Å². The zero-order valence-corrected chi connectivity index (χ0v) is 14.1. The first kappa shape index (κ1) is 15.3. The quantitative estimate of drug-likeness (QED) is 0.679. The molecule has 0 saturated heterocycles. The number of nitrogens with zero attached hydrogens (tertiary/aromatic N) is 3. The minimum atomic E-state index is -0.300. The predicted octanol–water partition coefficient (Wildman–Crippen LogP) is 3.53. The fourth-order valence-electron chi connectivity index (χ4n) is 2.33. The highest BCUT2D eigenvalue weighted by atomic mass is 79.9. The summed E-state index contributed by atoms with van der Waals surface area (Å²) in [6, 6.07) is 7.40. The van der Waals surface area contributed by atoms with Crippen molar-refractivity contribution in [3.8, 4) is 0 Å². The largest absolute Gasteiger partial charge is 0.394 e. The molecule has 0 saturated carbocycles. The van der Waals surface area contributed by atoms with Gasteiger partial charge in [-0.3, -0.25) is 4.68 Å². The number of hydrogen-bond acceptors (Lipinski definition) is 4. The Labute approximate surface area is 141 Å². The summed E-state index contributed by atoms with van der Waals surface area (Å²) < 4.78 is 2.67. The molecule has 2 aromatic heterocycles. The molecule has 0 bridgehead atoms. The van der Waals surface area contributed by atoms with Gasteiger partial charge in [0.25, 0.3) is 0 Å². The number of benzene rings is 1. The summed E-state index contributed by atoms with van der Waals surface area (Å²) in [5.74, 6) is 0.637. The van der Waals surface area contributed by atoms with E-state index >= 15 is 0 Å². The first-order valence-electron chi connectivity index (χ1n) is 6.68. The summed E-state index contributed by atoms with van der Waals surface area (Å²) in [5, 5.41) is 19.4. The van der Waals surface area contributed by atoms with Crippen molar-refractivity contribution < 1.29 is 5.11 Å². The van der Waals surface area contributed by atoms with Crippen molar-refractivity contribution in [2.45, 2.75) is 6.04 Å². The minimum absolute atomic E-state index is 0.0715. The van der Waals surface area contributed by atoms with E-state index in [4.69, 9.17) is 11.6 Å². The van der Waals surface area contributed by atoms with Gasteiger partial charge in [0.05, 0.1) is 18.8 Å². The van der Waals surface area contributed by atoms with Crippen LogP contribution in [0.4, 0.5) is 5.82 Å². The lowest BCUT2D eigenvalue weighted by atomic mass is 10.1. The second-order valence-corrected chi connectivity index (χ2v) is 6.29. The number of aryl methyl sites for hydroxylation is 1. The topological polar surface area (TPSA) is 63.0 Å². The lowest BCUT2D eigenvalue weighted by molar-refractivity contribution is 0.276. The van der Waals surface area contributed by atoms with Crippen LogP contribution in [0.5, 0.6) is 0 Å². The summed E-state index contributed by atoms with van der Waals surface area (Å²) in [7, 11) is 1.84. The molecule has 0 aliphatic heterocycles. The molecule has 1 atom stereocenters. The van der Waals surface area contributed by atoms with Gasteiger partial charge in [-0.1, -0.05) is 27.5 Å². The van der Waals surface area contributed by atoms with Gasteiger partial charge >= 0.3 is 0 Å². The van der Waals surface area contributed by atoms with Crippen molar-refractivity contribution in [3.05, 3.63) is 51.8 Å². The molecule has 0 aliphatic rings. The van der Waals surface area contributed by atoms with E-state index < -0.39 is 0 Å². The van der Waals surface area contributed by atoms with Crippen LogP contribution < -0.4 is 5.32 Å². The SMILES string of the molecule is Cn1cc(C(CO)Nc2nc(Cl)cc3cc(Br)ccc23)cn1. The minimum Gasteiger partial charge on any atom is -0.394 e. The van der Waals surface area contributed by atoms with E-state index in [1.807, 2.05) is 37.5 Å². The molecule has 1 aromatic carbocycles. The number of aromatic nitrogens is 3. The van der Waals surface area contributed by atoms with Crippen molar-refractivity contribution in [3.63, 3.8) is 0 Å². The maximum atomic E-state index is 9.67. The molecular formula is C15H14BrClN4O. The Kier molecular flexibility index (Phi) is 4.33. The van der Waals surface area contributed by atoms with Gasteiger partial charge in [-0.2, -0.15) is 5.10 Å². The smallest absolute Gasteiger partial charge is 0.136 e. The zero-order chi connectivity index (χ0) is 15.7. The van der Waals surface area contributed by atoms with Gasteiger partial charge in [0.2, 0.25) is 0 Å². The fourth-order valence-corrected chi connectivity index (χ4v) is 2.91. The molecule has 2 heterocycles. The van der Waals surface area contributed by atoms with Crippen LogP contribution >= 0.6 is 27.5 Å². The van der Waals surface area contributed by atoms with E-state index in [1.54, 1.807) is 10.9 Å². The summed E-state index contributed by atoms with van der Waals surface area (Å²) in [5.41, 5.74) is 0.886. The molecule has 0 spiro atoms. The number of pyridine rings is 1. The van der Waals surface area contributed by atoms with Gasteiger partial charge in [-0.15, -0.1) is 0 Å². The second kappa shape index (κ2) is 6.24. The molecule has 3 aromatic rings. The summed E-state index contributed by atoms with van der Waals surface area (Å²) in [6.07, 6.45) is 3.58. The monoisotopic (exact) mass is 380 g/mol. The summed E-state index contributed by atoms with van der Waals surface area (Å²) >= 11 is 9.56. The molecule has 5 nitrogen and oxygen atoms in total. The summed E-state index contributed by atoms with van der Waals surface area (Å²) in [4.78, 5) is 4.35. The number of rotatable bonds is 4. The van der Waals surface area contributed by atoms with E-state index in [0.29, 0.717) is 11.0 Å². The van der Waals surface area contributed by atoms with Crippen molar-refractivity contribution >= 4 is 44.1 Å². The highest BCUT2D eigenvalue weighted by Gasteiger charge is 2.15. The van der Waals surface area contributed by atoms with Crippen LogP contribution in [0.3, 0.4) is 0 Å². The van der Waals surface area contributed by atoms with Crippen molar-refractivity contribution in [2.75, 3.05) is 11.9 Å². The zero-order valence-electron chi connectivity index (χ0n) is 11.8. The Morgan fingerprint density at radius 2 is 2.23 bits per heavy atom. The van der Waals surface area contributed by atoms with Crippen LogP contribution in [-0.2, 0) is 7.05 Å². The standard InChI is InChI=1S/C15H14BrClN4O/c1-21-7-10(6-18-21)13(8-22)19-15-12-3-2-11(16)4-9(12)5-14(17)20-15/h2-7,13,22H,8H2,1H3,(H,19,20). The maximum Gasteiger partial charge on any atom is 0.136 e. The summed E-state index contributed by atoms with van der Waals surface area (Å²) in [6.45, 7) is -0.0715. The molecule has 0 amide bonds. The highest BCUT2D eigenvalue weighted by molar-refractivity contribution is 9.10. The van der Waals surface area contributed by atoms with Gasteiger partial charge in [-0.25, -0.2) is 4.98 Å². The van der Waals surface area contributed by atoms with Crippen molar-refractivity contribution in [2.24, 2.45) is 7.05 Å². The van der Waals surface area contributed by atoms with E-state index in [1.165, 1.54) is 0 Å². The lowest BCUT2D eigenvalue weighted by Gasteiger charge is -2.17. The number of aliphatic hydroxyl groups excluding tert-OH is 1. The van der Waals surface area contributed by atoms with Crippen molar-refractivity contribution in [1.82, 2.24) is 14.8 Å². The Balaban J connectivity index is 2.02. The third kappa shape index (κ3) is 3.09. The molecule has 2 N–H and O–H groups in total. The first-order chi connectivity index (χ1) is 10.6. The van der Waals surface area contributed by atoms with E-state index in [0.717, 1.165) is 20.8 Å². The molecular weight excluding hydrogens is 368 g/mol. The molecule has 22 heavy (non-hydrogen) atoms. The predicted molar refractivity (Wildman–Crippen MR) is 91.1 cm³/mol. The number of halogens is 2. The van der Waals surface area contributed by atoms with Gasteiger partial charge < -0.3 is 10.4 Å². The van der Waals surface area contributed by atoms with Gasteiger partial charge in [-0.05, 0) is 29.7 Å². The Hall–Kier alpha value is -1.63. The molecule has 114 valence electrons. The molecule has 0 fully saturated rings. The third-order valence-corrected chi connectivity index (χ3v) is 4.07. The van der Waals surface area contributed by atoms with Crippen LogP contribution in [0.1, 0.15) is 11.6 Å². The van der Waals surface area contributed by atoms with Gasteiger partial charge in [0.15, 0.2) is 0 Å². The molecule has 3 rings (SSSR count). The van der Waals surface area contributed by atoms with Gasteiger partial charge in [0.1, 0.15) is 11.0 Å². The molecule has 0 radical (unpaired) electrons. The van der Waals surface area contributed by atoms with E-state index in [-0.39, 0.29) is 12.6 Å². The average Bonchev–Trinajstić information content (AvgIpc) is 2.90. The average molecular weight is 382 g/mol. The normalized spacial score (nSPS) is 12.5. The van der Waals surface area contributed by atoms with Crippen LogP contribution in [0.2, 0.25) is 5.15 Å². The Morgan fingerprint density at radius 1 is 1.41 bits per heavy atom. The number of hydrogen-bond donors (Lipinski definition) is 2. The van der Waals surface area contributed by atoms with E-state index in [2.05, 4.69) is 31.3 Å².